The zero-order valence-electron chi connectivity index (χ0n) is 11.3. The van der Waals surface area contributed by atoms with Crippen molar-refractivity contribution >= 4 is 0 Å². The molecule has 0 saturated carbocycles. The fourth-order valence-corrected chi connectivity index (χ4v) is 2.19. The van der Waals surface area contributed by atoms with Gasteiger partial charge < -0.3 is 16.0 Å². The Morgan fingerprint density at radius 2 is 2.06 bits per heavy atom. The predicted molar refractivity (Wildman–Crippen MR) is 73.5 cm³/mol. The number of likely N-dealkylation sites (tertiary alicyclic amines) is 1. The van der Waals surface area contributed by atoms with Gasteiger partial charge in [0, 0.05) is 25.6 Å². The van der Waals surface area contributed by atoms with Crippen molar-refractivity contribution in [3.05, 3.63) is 0 Å². The van der Waals surface area contributed by atoms with Crippen LogP contribution in [0.2, 0.25) is 0 Å². The lowest BCUT2D eigenvalue weighted by Crippen LogP contribution is -2.38. The van der Waals surface area contributed by atoms with E-state index in [2.05, 4.69) is 35.9 Å². The highest BCUT2D eigenvalue weighted by Gasteiger charge is 2.17. The minimum Gasteiger partial charge on any atom is -0.318 e. The highest BCUT2D eigenvalue weighted by Crippen LogP contribution is 2.16. The van der Waals surface area contributed by atoms with Crippen LogP contribution in [0.1, 0.15) is 33.1 Å². The third-order valence-corrected chi connectivity index (χ3v) is 3.23. The highest BCUT2D eigenvalue weighted by molar-refractivity contribution is 5.01. The third-order valence-electron chi connectivity index (χ3n) is 3.23. The van der Waals surface area contributed by atoms with E-state index in [1.807, 2.05) is 0 Å². The second kappa shape index (κ2) is 8.52. The van der Waals surface area contributed by atoms with Gasteiger partial charge in [0.1, 0.15) is 0 Å². The quantitative estimate of drug-likeness (QED) is 0.558. The average molecular weight is 237 g/mol. The number of nitrogens with one attached hydrogen (secondary N) is 1. The summed E-state index contributed by atoms with van der Waals surface area (Å²) < 4.78 is 0. The van der Waals surface area contributed by atoms with Gasteiger partial charge in [-0.2, -0.15) is 0 Å². The van der Waals surface area contributed by atoms with E-state index in [9.17, 15) is 0 Å². The summed E-state index contributed by atoms with van der Waals surface area (Å²) in [5.41, 5.74) is 5.44. The Balaban J connectivity index is 2.09. The van der Waals surface area contributed by atoms with Crippen molar-refractivity contribution < 1.29 is 0 Å². The second-order valence-electron chi connectivity index (χ2n) is 5.17. The summed E-state index contributed by atoms with van der Waals surface area (Å²) in [7, 11) is 0. The van der Waals surface area contributed by atoms with Crippen molar-refractivity contribution in [1.82, 2.24) is 10.2 Å². The van der Waals surface area contributed by atoms with E-state index in [0.29, 0.717) is 12.6 Å². The van der Waals surface area contributed by atoms with Crippen molar-refractivity contribution in [2.24, 2.45) is 17.6 Å². The maximum Gasteiger partial charge on any atom is 0.0428 e. The summed E-state index contributed by atoms with van der Waals surface area (Å²) >= 11 is 0. The molecule has 98 valence electrons. The van der Waals surface area contributed by atoms with E-state index < -0.39 is 0 Å². The lowest BCUT2D eigenvalue weighted by Gasteiger charge is -2.31. The van der Waals surface area contributed by atoms with Crippen LogP contribution in [0.25, 0.3) is 0 Å². The monoisotopic (exact) mass is 237 g/mol. The highest BCUT2D eigenvalue weighted by atomic mass is 15.1. The van der Waals surface area contributed by atoms with Gasteiger partial charge in [0.2, 0.25) is 0 Å². The molecule has 0 aliphatic carbocycles. The molecule has 17 heavy (non-hydrogen) atoms. The maximum atomic E-state index is 5.44. The molecule has 0 aromatic carbocycles. The van der Waals surface area contributed by atoms with Gasteiger partial charge in [-0.1, -0.05) is 13.8 Å². The van der Waals surface area contributed by atoms with Gasteiger partial charge in [0.25, 0.3) is 0 Å². The minimum absolute atomic E-state index is 0.503. The normalized spacial score (nSPS) is 18.1. The lowest BCUT2D eigenvalue weighted by molar-refractivity contribution is 0.186. The molecule has 1 aliphatic rings. The Bertz CT molecular complexity index is 244. The smallest absolute Gasteiger partial charge is 0.0428 e. The first-order valence-electron chi connectivity index (χ1n) is 6.84. The second-order valence-corrected chi connectivity index (χ2v) is 5.17. The van der Waals surface area contributed by atoms with Gasteiger partial charge in [-0.05, 0) is 38.4 Å². The van der Waals surface area contributed by atoms with Gasteiger partial charge >= 0.3 is 0 Å². The van der Waals surface area contributed by atoms with Crippen molar-refractivity contribution in [2.75, 3.05) is 32.8 Å². The first-order valence-corrected chi connectivity index (χ1v) is 6.84. The third kappa shape index (κ3) is 6.68. The fraction of sp³-hybridized carbons (Fsp3) is 0.857. The van der Waals surface area contributed by atoms with Crippen molar-refractivity contribution in [2.45, 2.75) is 33.1 Å². The zero-order chi connectivity index (χ0) is 12.5. The number of rotatable bonds is 5. The van der Waals surface area contributed by atoms with Gasteiger partial charge in [-0.15, -0.1) is 11.8 Å². The van der Waals surface area contributed by atoms with E-state index in [1.54, 1.807) is 0 Å². The largest absolute Gasteiger partial charge is 0.318 e. The molecule has 0 bridgehead atoms. The number of piperidine rings is 1. The van der Waals surface area contributed by atoms with Crippen LogP contribution in [-0.2, 0) is 0 Å². The van der Waals surface area contributed by atoms with Crippen LogP contribution in [0.4, 0.5) is 0 Å². The van der Waals surface area contributed by atoms with Crippen LogP contribution in [0.3, 0.4) is 0 Å². The molecular formula is C14H27N3. The van der Waals surface area contributed by atoms with E-state index in [1.165, 1.54) is 25.9 Å². The number of nitrogens with two attached hydrogens (primary N) is 1. The summed E-state index contributed by atoms with van der Waals surface area (Å²) in [6.07, 6.45) is 3.61. The van der Waals surface area contributed by atoms with Crippen LogP contribution >= 0.6 is 0 Å². The van der Waals surface area contributed by atoms with Crippen LogP contribution < -0.4 is 11.1 Å². The molecule has 1 saturated heterocycles. The summed E-state index contributed by atoms with van der Waals surface area (Å²) in [4.78, 5) is 2.54. The van der Waals surface area contributed by atoms with Crippen LogP contribution in [0, 0.1) is 23.7 Å². The summed E-state index contributed by atoms with van der Waals surface area (Å²) in [6, 6.07) is 0. The van der Waals surface area contributed by atoms with Crippen molar-refractivity contribution in [3.63, 3.8) is 0 Å². The Morgan fingerprint density at radius 3 is 2.65 bits per heavy atom. The van der Waals surface area contributed by atoms with Gasteiger partial charge in [0.05, 0.1) is 0 Å². The lowest BCUT2D eigenvalue weighted by atomic mass is 9.97. The number of hydrogen-bond donors (Lipinski definition) is 2. The average Bonchev–Trinajstić information content (AvgIpc) is 2.33. The molecule has 0 amide bonds. The first kappa shape index (κ1) is 14.5. The van der Waals surface area contributed by atoms with Crippen LogP contribution in [0.15, 0.2) is 0 Å². The predicted octanol–water partition coefficient (Wildman–Crippen LogP) is 1.25. The maximum absolute atomic E-state index is 5.44. The number of nitrogens with zero attached hydrogens (tertiary/aromatic N) is 1. The molecule has 1 fully saturated rings. The Kier molecular flexibility index (Phi) is 7.27. The summed E-state index contributed by atoms with van der Waals surface area (Å²) in [5, 5.41) is 3.23. The fourth-order valence-electron chi connectivity index (χ4n) is 2.19. The molecule has 1 aliphatic heterocycles. The zero-order valence-corrected chi connectivity index (χ0v) is 11.3. The van der Waals surface area contributed by atoms with Crippen LogP contribution in [0.5, 0.6) is 0 Å². The topological polar surface area (TPSA) is 41.3 Å². The molecule has 1 rings (SSSR count). The van der Waals surface area contributed by atoms with E-state index in [4.69, 9.17) is 5.73 Å². The minimum atomic E-state index is 0.503. The molecule has 3 heteroatoms. The molecular weight excluding hydrogens is 210 g/mol. The van der Waals surface area contributed by atoms with Crippen molar-refractivity contribution in [1.29, 1.82) is 0 Å². The van der Waals surface area contributed by atoms with E-state index >= 15 is 0 Å². The van der Waals surface area contributed by atoms with Gasteiger partial charge in [-0.3, -0.25) is 0 Å². The molecule has 0 atom stereocenters. The molecule has 0 aromatic heterocycles. The number of hydrogen-bond acceptors (Lipinski definition) is 3. The van der Waals surface area contributed by atoms with Crippen molar-refractivity contribution in [3.8, 4) is 11.8 Å². The molecule has 3 nitrogen and oxygen atoms in total. The van der Waals surface area contributed by atoms with E-state index in [-0.39, 0.29) is 0 Å². The van der Waals surface area contributed by atoms with Gasteiger partial charge in [-0.25, -0.2) is 0 Å². The first-order chi connectivity index (χ1) is 8.22. The Hall–Kier alpha value is -0.560. The Labute approximate surface area is 106 Å². The van der Waals surface area contributed by atoms with Crippen LogP contribution in [-0.4, -0.2) is 37.7 Å². The summed E-state index contributed by atoms with van der Waals surface area (Å²) in [5.74, 6) is 7.80. The molecule has 1 heterocycles. The SMILES string of the molecule is CC(C)C#CCCN1CCC(CNCN)CC1. The van der Waals surface area contributed by atoms with E-state index in [0.717, 1.165) is 25.4 Å². The Morgan fingerprint density at radius 1 is 1.35 bits per heavy atom. The summed E-state index contributed by atoms with van der Waals surface area (Å²) in [6.45, 7) is 9.55. The molecule has 0 radical (unpaired) electrons. The molecule has 0 aromatic rings. The standard InChI is InChI=1S/C14H27N3/c1-13(2)5-3-4-8-17-9-6-14(7-10-17)11-16-12-15/h13-14,16H,4,6-12,15H2,1-2H3. The van der Waals surface area contributed by atoms with Gasteiger partial charge in [0.15, 0.2) is 0 Å². The molecule has 0 unspecified atom stereocenters. The molecule has 0 spiro atoms. The molecule has 3 N–H and O–H groups in total.